The minimum atomic E-state index is -1.28. The number of carboxylic acids is 2. The maximum atomic E-state index is 12.4. The molecule has 0 aliphatic rings. The summed E-state index contributed by atoms with van der Waals surface area (Å²) in [5.41, 5.74) is 0.0142. The SMILES string of the molecule is CCC.CN(CC(=O)NCC(=O)O)C(=O)n1nc(C(=O)O)c2ccccc21. The normalized spacial score (nSPS) is 9.89. The number of nitrogens with one attached hydrogen (secondary N) is 1. The van der Waals surface area contributed by atoms with Crippen LogP contribution >= 0.6 is 0 Å². The minimum absolute atomic E-state index is 0.275. The number of aliphatic carboxylic acids is 1. The van der Waals surface area contributed by atoms with Crippen LogP contribution in [0, 0.1) is 0 Å². The number of benzene rings is 1. The zero-order valence-corrected chi connectivity index (χ0v) is 15.3. The predicted octanol–water partition coefficient (Wildman–Crippen LogP) is 1.25. The van der Waals surface area contributed by atoms with Crippen LogP contribution in [0.1, 0.15) is 30.8 Å². The summed E-state index contributed by atoms with van der Waals surface area (Å²) >= 11 is 0. The molecule has 0 radical (unpaired) electrons. The van der Waals surface area contributed by atoms with Crippen LogP contribution < -0.4 is 5.32 Å². The molecule has 10 nitrogen and oxygen atoms in total. The van der Waals surface area contributed by atoms with Gasteiger partial charge in [-0.2, -0.15) is 9.78 Å². The molecule has 1 heterocycles. The Morgan fingerprint density at radius 2 is 1.74 bits per heavy atom. The van der Waals surface area contributed by atoms with Gasteiger partial charge in [0.25, 0.3) is 0 Å². The highest BCUT2D eigenvalue weighted by atomic mass is 16.4. The van der Waals surface area contributed by atoms with Crippen LogP contribution in [0.3, 0.4) is 0 Å². The molecule has 0 saturated carbocycles. The standard InChI is InChI=1S/C14H14N4O6.C3H8/c1-17(7-10(19)15-6-11(20)21)14(24)18-9-5-3-2-4-8(9)12(16-18)13(22)23;1-3-2/h2-5H,6-7H2,1H3,(H,15,19)(H,20,21)(H,22,23);3H2,1-2H3. The fourth-order valence-electron chi connectivity index (χ4n) is 2.04. The number of carboxylic acid groups (broad SMARTS) is 2. The fraction of sp³-hybridized carbons (Fsp3) is 0.353. The second-order valence-corrected chi connectivity index (χ2v) is 5.60. The number of rotatable bonds is 5. The van der Waals surface area contributed by atoms with Crippen LogP contribution in [0.4, 0.5) is 4.79 Å². The number of likely N-dealkylation sites (N-methyl/N-ethyl adjacent to an activating group) is 1. The molecule has 3 N–H and O–H groups in total. The Labute approximate surface area is 155 Å². The molecule has 0 atom stereocenters. The van der Waals surface area contributed by atoms with E-state index in [1.54, 1.807) is 12.1 Å². The highest BCUT2D eigenvalue weighted by Crippen LogP contribution is 2.18. The van der Waals surface area contributed by atoms with Crippen molar-refractivity contribution in [1.82, 2.24) is 20.0 Å². The van der Waals surface area contributed by atoms with Crippen LogP contribution in [0.15, 0.2) is 24.3 Å². The Balaban J connectivity index is 0.00000114. The smallest absolute Gasteiger partial charge is 0.357 e. The molecular weight excluding hydrogens is 356 g/mol. The third-order valence-corrected chi connectivity index (χ3v) is 3.12. The van der Waals surface area contributed by atoms with Gasteiger partial charge < -0.3 is 20.4 Å². The van der Waals surface area contributed by atoms with Gasteiger partial charge in [0.05, 0.1) is 5.52 Å². The van der Waals surface area contributed by atoms with Gasteiger partial charge in [-0.25, -0.2) is 9.59 Å². The molecule has 2 aromatic rings. The highest BCUT2D eigenvalue weighted by molar-refractivity contribution is 6.04. The lowest BCUT2D eigenvalue weighted by atomic mass is 10.2. The zero-order valence-electron chi connectivity index (χ0n) is 15.3. The summed E-state index contributed by atoms with van der Waals surface area (Å²) in [6, 6.07) is 5.58. The van der Waals surface area contributed by atoms with E-state index in [2.05, 4.69) is 24.3 Å². The molecule has 0 aliphatic heterocycles. The van der Waals surface area contributed by atoms with Crippen molar-refractivity contribution in [3.63, 3.8) is 0 Å². The number of carbonyl (C=O) groups excluding carboxylic acids is 2. The number of aromatic carboxylic acids is 1. The number of nitrogens with zero attached hydrogens (tertiary/aromatic N) is 3. The molecule has 0 unspecified atom stereocenters. The summed E-state index contributed by atoms with van der Waals surface area (Å²) in [6.45, 7) is 3.29. The van der Waals surface area contributed by atoms with Crippen LogP contribution in [0.2, 0.25) is 0 Å². The number of fused-ring (bicyclic) bond motifs is 1. The van der Waals surface area contributed by atoms with Crippen molar-refractivity contribution in [2.45, 2.75) is 20.3 Å². The van der Waals surface area contributed by atoms with Gasteiger partial charge in [-0.15, -0.1) is 0 Å². The van der Waals surface area contributed by atoms with E-state index in [9.17, 15) is 19.2 Å². The Morgan fingerprint density at radius 1 is 1.15 bits per heavy atom. The van der Waals surface area contributed by atoms with Crippen LogP contribution in [0.5, 0.6) is 0 Å². The first-order valence-corrected chi connectivity index (χ1v) is 8.17. The monoisotopic (exact) mass is 378 g/mol. The van der Waals surface area contributed by atoms with Crippen molar-refractivity contribution in [2.24, 2.45) is 0 Å². The lowest BCUT2D eigenvalue weighted by Gasteiger charge is -2.16. The van der Waals surface area contributed by atoms with Crippen LogP contribution in [-0.4, -0.2) is 68.9 Å². The average molecular weight is 378 g/mol. The van der Waals surface area contributed by atoms with Crippen molar-refractivity contribution in [1.29, 1.82) is 0 Å². The van der Waals surface area contributed by atoms with Crippen molar-refractivity contribution in [3.05, 3.63) is 30.0 Å². The van der Waals surface area contributed by atoms with Crippen LogP contribution in [-0.2, 0) is 9.59 Å². The van der Waals surface area contributed by atoms with Gasteiger partial charge >= 0.3 is 18.0 Å². The summed E-state index contributed by atoms with van der Waals surface area (Å²) in [7, 11) is 1.32. The maximum Gasteiger partial charge on any atom is 0.357 e. The molecule has 10 heteroatoms. The largest absolute Gasteiger partial charge is 0.480 e. The van der Waals surface area contributed by atoms with E-state index in [0.29, 0.717) is 5.39 Å². The van der Waals surface area contributed by atoms with Gasteiger partial charge in [-0.1, -0.05) is 38.5 Å². The predicted molar refractivity (Wildman–Crippen MR) is 96.7 cm³/mol. The van der Waals surface area contributed by atoms with E-state index in [4.69, 9.17) is 10.2 Å². The maximum absolute atomic E-state index is 12.4. The molecule has 0 aliphatic carbocycles. The van der Waals surface area contributed by atoms with Gasteiger partial charge in [-0.3, -0.25) is 9.59 Å². The number of carbonyl (C=O) groups is 4. The van der Waals surface area contributed by atoms with E-state index in [1.165, 1.54) is 25.6 Å². The summed E-state index contributed by atoms with van der Waals surface area (Å²) in [6.07, 6.45) is 1.25. The Kier molecular flexibility index (Phi) is 7.92. The Hall–Kier alpha value is -3.43. The molecular formula is C17H22N4O6. The lowest BCUT2D eigenvalue weighted by molar-refractivity contribution is -0.138. The number of amides is 2. The first-order valence-electron chi connectivity index (χ1n) is 8.17. The second-order valence-electron chi connectivity index (χ2n) is 5.60. The molecule has 146 valence electrons. The Bertz CT molecular complexity index is 845. The lowest BCUT2D eigenvalue weighted by Crippen LogP contribution is -2.41. The van der Waals surface area contributed by atoms with Gasteiger partial charge in [0.2, 0.25) is 5.91 Å². The van der Waals surface area contributed by atoms with E-state index in [1.807, 2.05) is 0 Å². The van der Waals surface area contributed by atoms with Gasteiger partial charge in [0.15, 0.2) is 5.69 Å². The topological polar surface area (TPSA) is 142 Å². The molecule has 2 amide bonds. The second kappa shape index (κ2) is 9.90. The quantitative estimate of drug-likeness (QED) is 0.711. The highest BCUT2D eigenvalue weighted by Gasteiger charge is 2.22. The van der Waals surface area contributed by atoms with E-state index in [-0.39, 0.29) is 11.2 Å². The van der Waals surface area contributed by atoms with Crippen molar-refractivity contribution in [2.75, 3.05) is 20.1 Å². The van der Waals surface area contributed by atoms with Crippen LogP contribution in [0.25, 0.3) is 10.9 Å². The fourth-order valence-corrected chi connectivity index (χ4v) is 2.04. The average Bonchev–Trinajstić information content (AvgIpc) is 3.00. The summed E-state index contributed by atoms with van der Waals surface area (Å²) in [5.74, 6) is -3.15. The summed E-state index contributed by atoms with van der Waals surface area (Å²) in [5, 5.41) is 23.9. The number of hydrogen-bond acceptors (Lipinski definition) is 5. The van der Waals surface area contributed by atoms with Gasteiger partial charge in [0, 0.05) is 12.4 Å². The number of aromatic nitrogens is 2. The molecule has 1 aromatic carbocycles. The van der Waals surface area contributed by atoms with Crippen molar-refractivity contribution >= 4 is 34.8 Å². The molecule has 27 heavy (non-hydrogen) atoms. The molecule has 2 rings (SSSR count). The molecule has 0 spiro atoms. The van der Waals surface area contributed by atoms with Crippen molar-refractivity contribution < 1.29 is 29.4 Å². The Morgan fingerprint density at radius 3 is 2.30 bits per heavy atom. The number of para-hydroxylation sites is 1. The van der Waals surface area contributed by atoms with Crippen molar-refractivity contribution in [3.8, 4) is 0 Å². The molecule has 1 aromatic heterocycles. The molecule has 0 bridgehead atoms. The molecule has 0 fully saturated rings. The first kappa shape index (κ1) is 21.6. The van der Waals surface area contributed by atoms with Gasteiger partial charge in [0.1, 0.15) is 13.1 Å². The molecule has 0 saturated heterocycles. The summed E-state index contributed by atoms with van der Waals surface area (Å²) in [4.78, 5) is 46.6. The van der Waals surface area contributed by atoms with E-state index in [0.717, 1.165) is 9.58 Å². The number of hydrogen-bond donors (Lipinski definition) is 3. The zero-order chi connectivity index (χ0) is 20.6. The third-order valence-electron chi connectivity index (χ3n) is 3.12. The van der Waals surface area contributed by atoms with Gasteiger partial charge in [-0.05, 0) is 6.07 Å². The third kappa shape index (κ3) is 5.80. The summed E-state index contributed by atoms with van der Waals surface area (Å²) < 4.78 is 0.892. The first-order chi connectivity index (χ1) is 12.7. The van der Waals surface area contributed by atoms with E-state index >= 15 is 0 Å². The minimum Gasteiger partial charge on any atom is -0.480 e. The van der Waals surface area contributed by atoms with E-state index < -0.39 is 37.0 Å².